The van der Waals surface area contributed by atoms with E-state index in [1.165, 1.54) is 71.5 Å². The highest BCUT2D eigenvalue weighted by Gasteiger charge is 2.30. The van der Waals surface area contributed by atoms with Crippen LogP contribution in [-0.2, 0) is 19.6 Å². The molecule has 0 aliphatic carbocycles. The van der Waals surface area contributed by atoms with Crippen molar-refractivity contribution in [3.8, 4) is 0 Å². The van der Waals surface area contributed by atoms with Gasteiger partial charge in [0.2, 0.25) is 21.8 Å². The van der Waals surface area contributed by atoms with Gasteiger partial charge in [0.05, 0.1) is 6.26 Å². The van der Waals surface area contributed by atoms with Gasteiger partial charge in [0.1, 0.15) is 0 Å². The first-order valence-electron chi connectivity index (χ1n) is 25.8. The summed E-state index contributed by atoms with van der Waals surface area (Å²) < 4.78 is 24.1. The molecule has 392 valence electrons. The van der Waals surface area contributed by atoms with Gasteiger partial charge < -0.3 is 29.4 Å². The number of likely N-dealkylation sites (tertiary alicyclic amines) is 1. The van der Waals surface area contributed by atoms with Crippen molar-refractivity contribution in [1.29, 1.82) is 0 Å². The summed E-state index contributed by atoms with van der Waals surface area (Å²) in [5.74, 6) is 0.493. The Morgan fingerprint density at radius 1 is 0.561 bits per heavy atom. The number of hydrogen-bond donors (Lipinski definition) is 0. The first kappa shape index (κ1) is 62.6. The molecule has 0 atom stereocenters. The van der Waals surface area contributed by atoms with Gasteiger partial charge in [0.15, 0.2) is 0 Å². The first-order chi connectivity index (χ1) is 30.2. The van der Waals surface area contributed by atoms with Crippen molar-refractivity contribution in [3.05, 3.63) is 0 Å². The van der Waals surface area contributed by atoms with Gasteiger partial charge in [-0.05, 0) is 128 Å². The van der Waals surface area contributed by atoms with E-state index in [9.17, 15) is 18.0 Å². The summed E-state index contributed by atoms with van der Waals surface area (Å²) in [5, 5.41) is 0. The summed E-state index contributed by atoms with van der Waals surface area (Å²) in [6, 6.07) is 1.55. The van der Waals surface area contributed by atoms with Crippen molar-refractivity contribution >= 4 is 21.8 Å². The summed E-state index contributed by atoms with van der Waals surface area (Å²) in [6.07, 6.45) is 4.59. The summed E-state index contributed by atoms with van der Waals surface area (Å²) in [7, 11) is 1.39. The summed E-state index contributed by atoms with van der Waals surface area (Å²) in [5.41, 5.74) is 1.07. The zero-order valence-corrected chi connectivity index (χ0v) is 47.7. The molecule has 14 nitrogen and oxygen atoms in total. The normalized spacial score (nSPS) is 21.5. The van der Waals surface area contributed by atoms with Crippen LogP contribution in [0.25, 0.3) is 0 Å². The standard InChI is InChI=1S/C11H22N2O.C11H24N2.C10H20N2O.C10H22N2.C9H20N2O2S/c1-5-10(14)12-6-8-13(9-7-12)11(2,3)4;1-5-12-6-8-13(9-7-12)10-11(2,3)4;1-9(13)11-5-7-12(8-6-11)10(2,3)4;1-9(2)12-7-5-10(6-8-12)11(3)4;1-9(2,3)10-5-7-11(8-6-10)14(4,12)13/h5-9H2,1-4H3;5-10H2,1-4H3;5-8H2,1-4H3;9-10H,5-8H2,1-4H3;5-8H2,1-4H3. The molecular formula is C51H108N10O4S. The van der Waals surface area contributed by atoms with Gasteiger partial charge in [-0.3, -0.25) is 24.3 Å². The van der Waals surface area contributed by atoms with Crippen LogP contribution in [-0.4, -0.2) is 249 Å². The van der Waals surface area contributed by atoms with E-state index in [2.05, 4.69) is 152 Å². The topological polar surface area (TPSA) is 101 Å². The van der Waals surface area contributed by atoms with Crippen LogP contribution in [0.3, 0.4) is 0 Å². The van der Waals surface area contributed by atoms with Crippen LogP contribution < -0.4 is 0 Å². The number of likely N-dealkylation sites (N-methyl/N-ethyl adjacent to an activating group) is 1. The van der Waals surface area contributed by atoms with Crippen molar-refractivity contribution in [1.82, 2.24) is 48.4 Å². The second kappa shape index (κ2) is 28.4. The predicted molar refractivity (Wildman–Crippen MR) is 281 cm³/mol. The lowest BCUT2D eigenvalue weighted by Crippen LogP contribution is -2.54. The van der Waals surface area contributed by atoms with Crippen LogP contribution in [0.1, 0.15) is 137 Å². The minimum atomic E-state index is -2.99. The third kappa shape index (κ3) is 24.9. The molecule has 5 rings (SSSR count). The molecule has 0 unspecified atom stereocenters. The zero-order chi connectivity index (χ0) is 50.8. The number of nitrogens with zero attached hydrogens (tertiary/aromatic N) is 10. The average molecular weight is 958 g/mol. The van der Waals surface area contributed by atoms with Crippen molar-refractivity contribution in [2.24, 2.45) is 5.41 Å². The Bertz CT molecular complexity index is 1430. The van der Waals surface area contributed by atoms with E-state index in [-0.39, 0.29) is 22.5 Å². The number of hydrogen-bond acceptors (Lipinski definition) is 11. The number of amides is 2. The highest BCUT2D eigenvalue weighted by molar-refractivity contribution is 7.88. The largest absolute Gasteiger partial charge is 0.340 e. The number of piperidine rings is 1. The highest BCUT2D eigenvalue weighted by Crippen LogP contribution is 2.20. The van der Waals surface area contributed by atoms with Crippen molar-refractivity contribution in [2.45, 2.75) is 166 Å². The van der Waals surface area contributed by atoms with Gasteiger partial charge in [-0.2, -0.15) is 4.31 Å². The molecule has 0 aromatic heterocycles. The Kier molecular flexibility index (Phi) is 27.0. The first-order valence-corrected chi connectivity index (χ1v) is 27.6. The number of carbonyl (C=O) groups is 2. The molecule has 0 radical (unpaired) electrons. The van der Waals surface area contributed by atoms with Crippen molar-refractivity contribution in [3.63, 3.8) is 0 Å². The van der Waals surface area contributed by atoms with Crippen molar-refractivity contribution in [2.75, 3.05) is 151 Å². The molecule has 15 heteroatoms. The molecule has 0 bridgehead atoms. The van der Waals surface area contributed by atoms with Crippen LogP contribution >= 0.6 is 0 Å². The Morgan fingerprint density at radius 2 is 0.924 bits per heavy atom. The Labute approximate surface area is 409 Å². The maximum atomic E-state index is 11.4. The minimum absolute atomic E-state index is 0.142. The fourth-order valence-corrected chi connectivity index (χ4v) is 9.91. The van der Waals surface area contributed by atoms with Gasteiger partial charge in [0, 0.05) is 153 Å². The molecule has 66 heavy (non-hydrogen) atoms. The number of sulfonamides is 1. The van der Waals surface area contributed by atoms with Crippen molar-refractivity contribution < 1.29 is 18.0 Å². The number of rotatable bonds is 6. The summed E-state index contributed by atoms with van der Waals surface area (Å²) in [6.45, 7) is 57.7. The molecule has 0 N–H and O–H groups in total. The third-order valence-corrected chi connectivity index (χ3v) is 15.1. The maximum absolute atomic E-state index is 11.4. The number of piperazine rings is 4. The van der Waals surface area contributed by atoms with Crippen LogP contribution in [0.15, 0.2) is 0 Å². The monoisotopic (exact) mass is 957 g/mol. The van der Waals surface area contributed by atoms with Crippen LogP contribution in [0.5, 0.6) is 0 Å². The fraction of sp³-hybridized carbons (Fsp3) is 0.961. The van der Waals surface area contributed by atoms with Gasteiger partial charge in [-0.1, -0.05) is 34.6 Å². The lowest BCUT2D eigenvalue weighted by molar-refractivity contribution is -0.133. The number of carbonyl (C=O) groups excluding carboxylic acids is 2. The lowest BCUT2D eigenvalue weighted by Gasteiger charge is -2.42. The van der Waals surface area contributed by atoms with Crippen LogP contribution in [0.2, 0.25) is 0 Å². The van der Waals surface area contributed by atoms with E-state index in [0.29, 0.717) is 30.8 Å². The van der Waals surface area contributed by atoms with E-state index >= 15 is 0 Å². The van der Waals surface area contributed by atoms with Gasteiger partial charge >= 0.3 is 0 Å². The van der Waals surface area contributed by atoms with Crippen LogP contribution in [0.4, 0.5) is 0 Å². The molecule has 0 aromatic rings. The molecule has 5 aliphatic rings. The molecule has 0 spiro atoms. The Hall–Kier alpha value is -1.43. The Morgan fingerprint density at radius 3 is 1.21 bits per heavy atom. The summed E-state index contributed by atoms with van der Waals surface area (Å²) in [4.78, 5) is 43.6. The Balaban J connectivity index is 0.000000413. The second-order valence-corrected chi connectivity index (χ2v) is 26.0. The molecule has 0 saturated carbocycles. The molecule has 5 saturated heterocycles. The summed E-state index contributed by atoms with van der Waals surface area (Å²) >= 11 is 0. The smallest absolute Gasteiger partial charge is 0.222 e. The van der Waals surface area contributed by atoms with E-state index in [0.717, 1.165) is 77.5 Å². The second-order valence-electron chi connectivity index (χ2n) is 24.0. The molecule has 2 amide bonds. The SMILES string of the molecule is CC(=O)N1CCN(C(C)(C)C)CC1.CC(C)(C)N1CCN(S(C)(=O)=O)CC1.CC(C)N1CCC(N(C)C)CC1.CCC(=O)N1CCN(C(C)(C)C)CC1.CCN1CCN(CC(C)(C)C)CC1. The van der Waals surface area contributed by atoms with Gasteiger partial charge in [-0.15, -0.1) is 0 Å². The molecule has 5 fully saturated rings. The fourth-order valence-electron chi connectivity index (χ4n) is 9.09. The zero-order valence-electron chi connectivity index (χ0n) is 46.9. The quantitative estimate of drug-likeness (QED) is 0.326. The van der Waals surface area contributed by atoms with E-state index in [4.69, 9.17) is 0 Å². The van der Waals surface area contributed by atoms with E-state index in [1.54, 1.807) is 11.2 Å². The molecule has 5 heterocycles. The van der Waals surface area contributed by atoms with Gasteiger partial charge in [-0.25, -0.2) is 8.42 Å². The average Bonchev–Trinajstić information content (AvgIpc) is 3.23. The van der Waals surface area contributed by atoms with E-state index in [1.807, 2.05) is 16.7 Å². The maximum Gasteiger partial charge on any atom is 0.222 e. The lowest BCUT2D eigenvalue weighted by atomic mass is 9.96. The molecule has 5 aliphatic heterocycles. The highest BCUT2D eigenvalue weighted by atomic mass is 32.2. The molecular weight excluding hydrogens is 849 g/mol. The predicted octanol–water partition coefficient (Wildman–Crippen LogP) is 5.74. The van der Waals surface area contributed by atoms with Gasteiger partial charge in [0.25, 0.3) is 0 Å². The van der Waals surface area contributed by atoms with E-state index < -0.39 is 10.0 Å². The molecule has 0 aromatic carbocycles. The van der Waals surface area contributed by atoms with Crippen LogP contribution in [0, 0.1) is 5.41 Å². The minimum Gasteiger partial charge on any atom is -0.340 e. The third-order valence-electron chi connectivity index (χ3n) is 13.8.